The number of amides is 2. The molecule has 5 heteroatoms. The van der Waals surface area contributed by atoms with Crippen LogP contribution in [0.15, 0.2) is 42.5 Å². The number of rotatable bonds is 7. The van der Waals surface area contributed by atoms with Gasteiger partial charge in [0.1, 0.15) is 0 Å². The third-order valence-electron chi connectivity index (χ3n) is 4.35. The van der Waals surface area contributed by atoms with Gasteiger partial charge >= 0.3 is 0 Å². The summed E-state index contributed by atoms with van der Waals surface area (Å²) in [6.45, 7) is 4.16. The lowest BCUT2D eigenvalue weighted by Gasteiger charge is -2.11. The molecule has 136 valence electrons. The Morgan fingerprint density at radius 2 is 1.88 bits per heavy atom. The Morgan fingerprint density at radius 3 is 2.65 bits per heavy atom. The molecule has 1 aliphatic rings. The molecule has 0 heterocycles. The molecule has 0 radical (unpaired) electrons. The van der Waals surface area contributed by atoms with Gasteiger partial charge in [0.05, 0.1) is 17.0 Å². The van der Waals surface area contributed by atoms with Gasteiger partial charge in [0.15, 0.2) is 0 Å². The monoisotopic (exact) mass is 368 g/mol. The Bertz CT molecular complexity index is 815. The second-order valence-corrected chi connectivity index (χ2v) is 7.75. The fourth-order valence-electron chi connectivity index (χ4n) is 2.68. The van der Waals surface area contributed by atoms with Crippen molar-refractivity contribution in [3.8, 4) is 0 Å². The van der Waals surface area contributed by atoms with Crippen molar-refractivity contribution in [2.24, 2.45) is 0 Å². The Morgan fingerprint density at radius 1 is 1.12 bits per heavy atom. The van der Waals surface area contributed by atoms with Gasteiger partial charge < -0.3 is 10.6 Å². The Labute approximate surface area is 158 Å². The normalized spacial score (nSPS) is 13.3. The van der Waals surface area contributed by atoms with Crippen LogP contribution >= 0.6 is 11.8 Å². The predicted molar refractivity (Wildman–Crippen MR) is 108 cm³/mol. The standard InChI is InChI=1S/C21H24N2O2S/c1-14-7-8-15(2)16(11-14)12-26-13-20(24)23-19-6-4-3-5-18(19)21(25)22-17-9-10-17/h3-8,11,17H,9-10,12-13H2,1-2H3,(H,22,25)(H,23,24). The van der Waals surface area contributed by atoms with Gasteiger partial charge in [-0.05, 0) is 49.9 Å². The molecule has 0 spiro atoms. The van der Waals surface area contributed by atoms with Crippen LogP contribution in [0.2, 0.25) is 0 Å². The van der Waals surface area contributed by atoms with Gasteiger partial charge in [-0.3, -0.25) is 9.59 Å². The Kier molecular flexibility index (Phi) is 5.99. The number of carbonyl (C=O) groups excluding carboxylic acids is 2. The maximum atomic E-state index is 12.3. The van der Waals surface area contributed by atoms with Crippen molar-refractivity contribution in [2.45, 2.75) is 38.5 Å². The number of nitrogens with one attached hydrogen (secondary N) is 2. The van der Waals surface area contributed by atoms with E-state index in [-0.39, 0.29) is 11.8 Å². The van der Waals surface area contributed by atoms with E-state index in [1.807, 2.05) is 12.1 Å². The SMILES string of the molecule is Cc1ccc(C)c(CSCC(=O)Nc2ccccc2C(=O)NC2CC2)c1. The Balaban J connectivity index is 1.55. The van der Waals surface area contributed by atoms with Crippen molar-refractivity contribution in [1.29, 1.82) is 0 Å². The second kappa shape index (κ2) is 8.41. The maximum absolute atomic E-state index is 12.3. The smallest absolute Gasteiger partial charge is 0.253 e. The van der Waals surface area contributed by atoms with Gasteiger partial charge in [-0.1, -0.05) is 35.9 Å². The molecule has 2 aromatic carbocycles. The summed E-state index contributed by atoms with van der Waals surface area (Å²) in [5, 5.41) is 5.84. The third-order valence-corrected chi connectivity index (χ3v) is 5.34. The van der Waals surface area contributed by atoms with E-state index >= 15 is 0 Å². The first-order chi connectivity index (χ1) is 12.5. The van der Waals surface area contributed by atoms with Crippen LogP contribution in [0.4, 0.5) is 5.69 Å². The molecule has 0 saturated heterocycles. The number of carbonyl (C=O) groups is 2. The van der Waals surface area contributed by atoms with Gasteiger partial charge in [0.2, 0.25) is 5.91 Å². The molecule has 1 aliphatic carbocycles. The lowest BCUT2D eigenvalue weighted by atomic mass is 10.1. The number of hydrogen-bond acceptors (Lipinski definition) is 3. The van der Waals surface area contributed by atoms with Gasteiger partial charge in [0.25, 0.3) is 5.91 Å². The van der Waals surface area contributed by atoms with Crippen molar-refractivity contribution < 1.29 is 9.59 Å². The Hall–Kier alpha value is -2.27. The third kappa shape index (κ3) is 5.11. The van der Waals surface area contributed by atoms with Gasteiger partial charge in [-0.25, -0.2) is 0 Å². The lowest BCUT2D eigenvalue weighted by Crippen LogP contribution is -2.27. The van der Waals surface area contributed by atoms with Crippen LogP contribution in [0.1, 0.15) is 39.9 Å². The number of thioether (sulfide) groups is 1. The van der Waals surface area contributed by atoms with Crippen LogP contribution in [0.3, 0.4) is 0 Å². The first-order valence-corrected chi connectivity index (χ1v) is 10.0. The largest absolute Gasteiger partial charge is 0.349 e. The van der Waals surface area contributed by atoms with Crippen molar-refractivity contribution in [3.63, 3.8) is 0 Å². The van der Waals surface area contributed by atoms with Crippen LogP contribution in [-0.2, 0) is 10.5 Å². The number of aryl methyl sites for hydroxylation is 2. The quantitative estimate of drug-likeness (QED) is 0.775. The predicted octanol–water partition coefficient (Wildman–Crippen LogP) is 4.07. The summed E-state index contributed by atoms with van der Waals surface area (Å²) in [5.41, 5.74) is 4.82. The second-order valence-electron chi connectivity index (χ2n) is 6.76. The zero-order chi connectivity index (χ0) is 18.5. The summed E-state index contributed by atoms with van der Waals surface area (Å²) >= 11 is 1.58. The van der Waals surface area contributed by atoms with Gasteiger partial charge in [-0.2, -0.15) is 0 Å². The molecule has 1 saturated carbocycles. The average molecular weight is 369 g/mol. The van der Waals surface area contributed by atoms with Crippen LogP contribution in [0.25, 0.3) is 0 Å². The summed E-state index contributed by atoms with van der Waals surface area (Å²) in [7, 11) is 0. The molecule has 0 atom stereocenters. The molecule has 4 nitrogen and oxygen atoms in total. The van der Waals surface area contributed by atoms with Crippen molar-refractivity contribution in [3.05, 3.63) is 64.7 Å². The molecule has 2 aromatic rings. The van der Waals surface area contributed by atoms with Crippen molar-refractivity contribution in [1.82, 2.24) is 5.32 Å². The van der Waals surface area contributed by atoms with E-state index in [1.54, 1.807) is 23.9 Å². The summed E-state index contributed by atoms with van der Waals surface area (Å²) in [6.07, 6.45) is 2.07. The minimum absolute atomic E-state index is 0.0908. The van der Waals surface area contributed by atoms with Crippen LogP contribution in [0.5, 0.6) is 0 Å². The molecular weight excluding hydrogens is 344 g/mol. The minimum Gasteiger partial charge on any atom is -0.349 e. The van der Waals surface area contributed by atoms with Gasteiger partial charge in [0, 0.05) is 11.8 Å². The highest BCUT2D eigenvalue weighted by molar-refractivity contribution is 7.99. The molecule has 26 heavy (non-hydrogen) atoms. The summed E-state index contributed by atoms with van der Waals surface area (Å²) in [6, 6.07) is 13.8. The highest BCUT2D eigenvalue weighted by atomic mass is 32.2. The van der Waals surface area contributed by atoms with Crippen LogP contribution in [0, 0.1) is 13.8 Å². The average Bonchev–Trinajstić information content (AvgIpc) is 3.42. The van der Waals surface area contributed by atoms with Gasteiger partial charge in [-0.15, -0.1) is 11.8 Å². The summed E-state index contributed by atoms with van der Waals surface area (Å²) in [4.78, 5) is 24.6. The zero-order valence-corrected chi connectivity index (χ0v) is 16.0. The molecule has 3 rings (SSSR count). The number of hydrogen-bond donors (Lipinski definition) is 2. The van der Waals surface area contributed by atoms with E-state index in [0.29, 0.717) is 23.0 Å². The van der Waals surface area contributed by atoms with E-state index in [2.05, 4.69) is 42.7 Å². The molecular formula is C21H24N2O2S. The maximum Gasteiger partial charge on any atom is 0.253 e. The molecule has 0 bridgehead atoms. The number of para-hydroxylation sites is 1. The fraction of sp³-hybridized carbons (Fsp3) is 0.333. The first kappa shape index (κ1) is 18.5. The summed E-state index contributed by atoms with van der Waals surface area (Å²) in [5.74, 6) is 0.940. The van der Waals surface area contributed by atoms with Crippen LogP contribution in [-0.4, -0.2) is 23.6 Å². The van der Waals surface area contributed by atoms with E-state index in [0.717, 1.165) is 18.6 Å². The number of benzene rings is 2. The number of anilines is 1. The van der Waals surface area contributed by atoms with Crippen molar-refractivity contribution in [2.75, 3.05) is 11.1 Å². The van der Waals surface area contributed by atoms with E-state index in [4.69, 9.17) is 0 Å². The van der Waals surface area contributed by atoms with Crippen molar-refractivity contribution >= 4 is 29.3 Å². The minimum atomic E-state index is -0.119. The highest BCUT2D eigenvalue weighted by Gasteiger charge is 2.24. The summed E-state index contributed by atoms with van der Waals surface area (Å²) < 4.78 is 0. The van der Waals surface area contributed by atoms with E-state index in [1.165, 1.54) is 16.7 Å². The van der Waals surface area contributed by atoms with Crippen LogP contribution < -0.4 is 10.6 Å². The molecule has 0 unspecified atom stereocenters. The first-order valence-electron chi connectivity index (χ1n) is 8.86. The molecule has 0 aromatic heterocycles. The molecule has 2 N–H and O–H groups in total. The highest BCUT2D eigenvalue weighted by Crippen LogP contribution is 2.22. The topological polar surface area (TPSA) is 58.2 Å². The lowest BCUT2D eigenvalue weighted by molar-refractivity contribution is -0.113. The van der Waals surface area contributed by atoms with E-state index < -0.39 is 0 Å². The van der Waals surface area contributed by atoms with E-state index in [9.17, 15) is 9.59 Å². The molecule has 0 aliphatic heterocycles. The zero-order valence-electron chi connectivity index (χ0n) is 15.2. The molecule has 2 amide bonds. The fourth-order valence-corrected chi connectivity index (χ4v) is 3.57. The molecule has 1 fully saturated rings.